The lowest BCUT2D eigenvalue weighted by Crippen LogP contribution is -3.10. The standard InChI is InChI=1S/C18H17N5S/c1-11-3-4-15(24-11)16-14-8-23(2)6-5-12(14)13(7-19)17(22)18(16,9-20)10-21/h3-5,13-14,16,22H,6,8H2,1-2H3/p+1/t13-,14-,16+/m1/s1. The van der Waals surface area contributed by atoms with Crippen LogP contribution in [0.2, 0.25) is 0 Å². The molecule has 2 aliphatic rings. The smallest absolute Gasteiger partial charge is 0.190 e. The molecule has 1 aliphatic carbocycles. The number of aryl methyl sites for hydroxylation is 1. The second-order valence-corrected chi connectivity index (χ2v) is 7.93. The molecular weight excluding hydrogens is 318 g/mol. The van der Waals surface area contributed by atoms with E-state index in [0.29, 0.717) is 0 Å². The van der Waals surface area contributed by atoms with Gasteiger partial charge in [0.25, 0.3) is 0 Å². The summed E-state index contributed by atoms with van der Waals surface area (Å²) >= 11 is 1.58. The van der Waals surface area contributed by atoms with Crippen molar-refractivity contribution in [3.05, 3.63) is 33.5 Å². The number of rotatable bonds is 1. The minimum absolute atomic E-state index is 0.0603. The maximum absolute atomic E-state index is 9.88. The Kier molecular flexibility index (Phi) is 4.01. The highest BCUT2D eigenvalue weighted by molar-refractivity contribution is 7.12. The van der Waals surface area contributed by atoms with Gasteiger partial charge in [0.15, 0.2) is 5.41 Å². The zero-order valence-corrected chi connectivity index (χ0v) is 14.4. The molecular formula is C18H18N5S+. The van der Waals surface area contributed by atoms with Crippen LogP contribution in [-0.2, 0) is 0 Å². The predicted molar refractivity (Wildman–Crippen MR) is 90.5 cm³/mol. The van der Waals surface area contributed by atoms with E-state index in [1.807, 2.05) is 25.1 Å². The van der Waals surface area contributed by atoms with E-state index >= 15 is 0 Å². The maximum Gasteiger partial charge on any atom is 0.190 e. The molecule has 0 aromatic carbocycles. The Morgan fingerprint density at radius 1 is 1.29 bits per heavy atom. The van der Waals surface area contributed by atoms with Crippen molar-refractivity contribution in [2.24, 2.45) is 17.3 Å². The second-order valence-electron chi connectivity index (χ2n) is 6.61. The molecule has 24 heavy (non-hydrogen) atoms. The lowest BCUT2D eigenvalue weighted by molar-refractivity contribution is -0.878. The van der Waals surface area contributed by atoms with E-state index in [0.717, 1.165) is 28.4 Å². The van der Waals surface area contributed by atoms with Crippen LogP contribution in [0.1, 0.15) is 15.7 Å². The van der Waals surface area contributed by atoms with Gasteiger partial charge in [-0.3, -0.25) is 0 Å². The van der Waals surface area contributed by atoms with Crippen molar-refractivity contribution in [1.82, 2.24) is 0 Å². The van der Waals surface area contributed by atoms with E-state index in [9.17, 15) is 15.8 Å². The number of nitrogens with zero attached hydrogens (tertiary/aromatic N) is 3. The van der Waals surface area contributed by atoms with Gasteiger partial charge in [-0.25, -0.2) is 0 Å². The number of likely N-dealkylation sites (N-methyl/N-ethyl adjacent to an activating group) is 1. The highest BCUT2D eigenvalue weighted by Crippen LogP contribution is 2.53. The molecule has 1 aliphatic heterocycles. The molecule has 0 spiro atoms. The van der Waals surface area contributed by atoms with Gasteiger partial charge in [0.1, 0.15) is 5.92 Å². The average molecular weight is 336 g/mol. The first-order valence-corrected chi connectivity index (χ1v) is 8.68. The van der Waals surface area contributed by atoms with Crippen LogP contribution in [0.15, 0.2) is 23.8 Å². The predicted octanol–water partition coefficient (Wildman–Crippen LogP) is 1.42. The molecule has 1 fully saturated rings. The first kappa shape index (κ1) is 16.4. The summed E-state index contributed by atoms with van der Waals surface area (Å²) in [5, 5.41) is 37.8. The van der Waals surface area contributed by atoms with Gasteiger partial charge < -0.3 is 10.3 Å². The van der Waals surface area contributed by atoms with E-state index in [4.69, 9.17) is 5.41 Å². The van der Waals surface area contributed by atoms with Crippen molar-refractivity contribution in [2.45, 2.75) is 12.8 Å². The fourth-order valence-electron chi connectivity index (χ4n) is 3.98. The topological polar surface area (TPSA) is 99.7 Å². The molecule has 0 saturated heterocycles. The first-order valence-electron chi connectivity index (χ1n) is 7.87. The van der Waals surface area contributed by atoms with Crippen LogP contribution < -0.4 is 4.90 Å². The second kappa shape index (κ2) is 5.87. The summed E-state index contributed by atoms with van der Waals surface area (Å²) in [6.45, 7) is 3.57. The summed E-state index contributed by atoms with van der Waals surface area (Å²) in [6.07, 6.45) is 2.04. The van der Waals surface area contributed by atoms with Crippen LogP contribution in [0, 0.1) is 63.6 Å². The van der Waals surface area contributed by atoms with Gasteiger partial charge >= 0.3 is 0 Å². The molecule has 4 atom stereocenters. The first-order chi connectivity index (χ1) is 11.5. The third-order valence-corrected chi connectivity index (χ3v) is 6.23. The number of quaternary nitrogens is 1. The number of nitriles is 3. The van der Waals surface area contributed by atoms with Gasteiger partial charge in [-0.2, -0.15) is 15.8 Å². The number of hydrogen-bond acceptors (Lipinski definition) is 5. The van der Waals surface area contributed by atoms with Gasteiger partial charge in [-0.05, 0) is 30.7 Å². The average Bonchev–Trinajstić information content (AvgIpc) is 3.00. The molecule has 1 saturated carbocycles. The van der Waals surface area contributed by atoms with Gasteiger partial charge in [0.05, 0.1) is 44.1 Å². The molecule has 120 valence electrons. The molecule has 1 aromatic heterocycles. The van der Waals surface area contributed by atoms with Crippen LogP contribution in [0.25, 0.3) is 0 Å². The summed E-state index contributed by atoms with van der Waals surface area (Å²) < 4.78 is 0. The maximum atomic E-state index is 9.88. The largest absolute Gasteiger partial charge is 0.334 e. The van der Waals surface area contributed by atoms with Gasteiger partial charge in [0.2, 0.25) is 0 Å². The Hall–Kier alpha value is -2.46. The summed E-state index contributed by atoms with van der Waals surface area (Å²) in [7, 11) is 2.08. The number of thiophene rings is 1. The SMILES string of the molecule is Cc1ccc([C@@H]2[C@@H]3C[NH+](C)CC=C3[C@@H](C#N)C(=N)C2(C#N)C#N)s1. The quantitative estimate of drug-likeness (QED) is 0.759. The lowest BCUT2D eigenvalue weighted by Gasteiger charge is -2.45. The summed E-state index contributed by atoms with van der Waals surface area (Å²) in [5.74, 6) is -1.21. The van der Waals surface area contributed by atoms with Crippen molar-refractivity contribution >= 4 is 17.0 Å². The fourth-order valence-corrected chi connectivity index (χ4v) is 5.09. The highest BCUT2D eigenvalue weighted by atomic mass is 32.1. The normalized spacial score (nSPS) is 31.1. The zero-order chi connectivity index (χ0) is 17.5. The molecule has 2 heterocycles. The number of hydrogen-bond donors (Lipinski definition) is 2. The van der Waals surface area contributed by atoms with E-state index in [-0.39, 0.29) is 17.5 Å². The molecule has 6 heteroatoms. The molecule has 1 aromatic rings. The van der Waals surface area contributed by atoms with E-state index in [1.165, 1.54) is 4.90 Å². The third-order valence-electron chi connectivity index (χ3n) is 5.15. The van der Waals surface area contributed by atoms with E-state index < -0.39 is 11.3 Å². The summed E-state index contributed by atoms with van der Waals surface area (Å²) in [6, 6.07) is 10.4. The minimum Gasteiger partial charge on any atom is -0.334 e. The summed E-state index contributed by atoms with van der Waals surface area (Å²) in [4.78, 5) is 3.37. The van der Waals surface area contributed by atoms with Gasteiger partial charge in [-0.15, -0.1) is 11.3 Å². The minimum atomic E-state index is -1.57. The molecule has 0 amide bonds. The van der Waals surface area contributed by atoms with Crippen molar-refractivity contribution in [3.63, 3.8) is 0 Å². The number of fused-ring (bicyclic) bond motifs is 1. The van der Waals surface area contributed by atoms with Gasteiger partial charge in [-0.1, -0.05) is 0 Å². The third kappa shape index (κ3) is 2.18. The van der Waals surface area contributed by atoms with Gasteiger partial charge in [0, 0.05) is 21.6 Å². The van der Waals surface area contributed by atoms with E-state index in [1.54, 1.807) is 11.3 Å². The number of nitrogens with one attached hydrogen (secondary N) is 2. The van der Waals surface area contributed by atoms with Crippen molar-refractivity contribution in [1.29, 1.82) is 21.2 Å². The van der Waals surface area contributed by atoms with Crippen molar-refractivity contribution in [2.75, 3.05) is 20.1 Å². The zero-order valence-electron chi connectivity index (χ0n) is 13.6. The molecule has 1 unspecified atom stereocenters. The Morgan fingerprint density at radius 3 is 2.54 bits per heavy atom. The Balaban J connectivity index is 2.26. The lowest BCUT2D eigenvalue weighted by atomic mass is 9.55. The van der Waals surface area contributed by atoms with Crippen LogP contribution >= 0.6 is 11.3 Å². The molecule has 3 rings (SSSR count). The van der Waals surface area contributed by atoms with Crippen molar-refractivity contribution in [3.8, 4) is 18.2 Å². The van der Waals surface area contributed by atoms with Crippen LogP contribution in [0.5, 0.6) is 0 Å². The van der Waals surface area contributed by atoms with Crippen LogP contribution in [-0.4, -0.2) is 25.8 Å². The summed E-state index contributed by atoms with van der Waals surface area (Å²) in [5.41, 5.74) is -0.712. The molecule has 2 N–H and O–H groups in total. The molecule has 0 radical (unpaired) electrons. The Morgan fingerprint density at radius 2 is 2.00 bits per heavy atom. The van der Waals surface area contributed by atoms with Crippen LogP contribution in [0.4, 0.5) is 0 Å². The Bertz CT molecular complexity index is 830. The van der Waals surface area contributed by atoms with Crippen molar-refractivity contribution < 1.29 is 4.90 Å². The fraction of sp³-hybridized carbons (Fsp3) is 0.444. The monoisotopic (exact) mass is 336 g/mol. The van der Waals surface area contributed by atoms with Crippen LogP contribution in [0.3, 0.4) is 0 Å². The molecule has 0 bridgehead atoms. The Labute approximate surface area is 145 Å². The highest BCUT2D eigenvalue weighted by Gasteiger charge is 2.58. The van der Waals surface area contributed by atoms with E-state index in [2.05, 4.69) is 25.3 Å². The molecule has 5 nitrogen and oxygen atoms in total.